The topological polar surface area (TPSA) is 63.5 Å². The minimum Gasteiger partial charge on any atom is -0.464 e. The smallest absolute Gasteiger partial charge is 0.315 e. The van der Waals surface area contributed by atoms with Gasteiger partial charge in [-0.3, -0.25) is 0 Å². The molecule has 5 heteroatoms. The molecule has 1 aromatic heterocycles. The number of ether oxygens (including phenoxy) is 1. The number of aryl methyl sites for hydroxylation is 1. The first-order chi connectivity index (χ1) is 8.65. The number of hydrogen-bond donors (Lipinski definition) is 2. The second-order valence-electron chi connectivity index (χ2n) is 4.66. The molecule has 2 unspecified atom stereocenters. The van der Waals surface area contributed by atoms with Crippen molar-refractivity contribution in [3.63, 3.8) is 0 Å². The Labute approximate surface area is 107 Å². The molecule has 100 valence electrons. The number of nitrogens with one attached hydrogen (secondary N) is 2. The van der Waals surface area contributed by atoms with Crippen LogP contribution in [-0.4, -0.2) is 25.3 Å². The third-order valence-electron chi connectivity index (χ3n) is 3.05. The second-order valence-corrected chi connectivity index (χ2v) is 4.66. The monoisotopic (exact) mass is 252 g/mol. The van der Waals surface area contributed by atoms with Crippen LogP contribution < -0.4 is 10.6 Å². The molecule has 0 aromatic carbocycles. The third-order valence-corrected chi connectivity index (χ3v) is 3.05. The van der Waals surface area contributed by atoms with Gasteiger partial charge in [-0.05, 0) is 38.8 Å². The number of urea groups is 1. The molecule has 0 radical (unpaired) electrons. The van der Waals surface area contributed by atoms with E-state index in [0.29, 0.717) is 6.54 Å². The minimum atomic E-state index is -0.188. The average Bonchev–Trinajstić information content (AvgIpc) is 2.97. The van der Waals surface area contributed by atoms with Crippen LogP contribution in [0.1, 0.15) is 37.3 Å². The second kappa shape index (κ2) is 5.91. The summed E-state index contributed by atoms with van der Waals surface area (Å²) in [7, 11) is 0. The highest BCUT2D eigenvalue weighted by molar-refractivity contribution is 5.74. The van der Waals surface area contributed by atoms with Crippen LogP contribution in [0.3, 0.4) is 0 Å². The molecule has 2 N–H and O–H groups in total. The van der Waals surface area contributed by atoms with E-state index in [2.05, 4.69) is 10.6 Å². The largest absolute Gasteiger partial charge is 0.464 e. The molecule has 1 aromatic rings. The van der Waals surface area contributed by atoms with E-state index in [-0.39, 0.29) is 18.2 Å². The summed E-state index contributed by atoms with van der Waals surface area (Å²) in [5.74, 6) is 1.61. The van der Waals surface area contributed by atoms with Gasteiger partial charge in [-0.1, -0.05) is 0 Å². The van der Waals surface area contributed by atoms with Gasteiger partial charge in [-0.15, -0.1) is 0 Å². The molecule has 1 fully saturated rings. The molecule has 2 heterocycles. The van der Waals surface area contributed by atoms with E-state index in [0.717, 1.165) is 31.0 Å². The number of furan rings is 1. The summed E-state index contributed by atoms with van der Waals surface area (Å²) in [6.07, 6.45) is 2.26. The van der Waals surface area contributed by atoms with Crippen LogP contribution in [-0.2, 0) is 4.74 Å². The van der Waals surface area contributed by atoms with Gasteiger partial charge in [0.25, 0.3) is 0 Å². The lowest BCUT2D eigenvalue weighted by molar-refractivity contribution is 0.111. The lowest BCUT2D eigenvalue weighted by Gasteiger charge is -2.14. The Kier molecular flexibility index (Phi) is 4.25. The van der Waals surface area contributed by atoms with Crippen molar-refractivity contribution >= 4 is 6.03 Å². The molecule has 18 heavy (non-hydrogen) atoms. The number of carbonyl (C=O) groups is 1. The van der Waals surface area contributed by atoms with E-state index in [1.54, 1.807) is 0 Å². The summed E-state index contributed by atoms with van der Waals surface area (Å²) in [4.78, 5) is 11.7. The van der Waals surface area contributed by atoms with Crippen molar-refractivity contribution in [2.75, 3.05) is 13.2 Å². The molecule has 5 nitrogen and oxygen atoms in total. The van der Waals surface area contributed by atoms with E-state index >= 15 is 0 Å². The number of carbonyl (C=O) groups excluding carboxylic acids is 1. The zero-order valence-electron chi connectivity index (χ0n) is 10.9. The van der Waals surface area contributed by atoms with E-state index in [4.69, 9.17) is 9.15 Å². The molecule has 0 bridgehead atoms. The van der Waals surface area contributed by atoms with Crippen molar-refractivity contribution in [2.45, 2.75) is 38.8 Å². The summed E-state index contributed by atoms with van der Waals surface area (Å²) in [6.45, 7) is 5.14. The Bertz CT molecular complexity index is 397. The lowest BCUT2D eigenvalue weighted by Crippen LogP contribution is -2.40. The fraction of sp³-hybridized carbons (Fsp3) is 0.615. The van der Waals surface area contributed by atoms with Crippen molar-refractivity contribution in [2.24, 2.45) is 0 Å². The van der Waals surface area contributed by atoms with Gasteiger partial charge in [0.15, 0.2) is 0 Å². The summed E-state index contributed by atoms with van der Waals surface area (Å²) >= 11 is 0. The Hall–Kier alpha value is -1.49. The first kappa shape index (κ1) is 13.0. The minimum absolute atomic E-state index is 0.136. The Morgan fingerprint density at radius 3 is 3.00 bits per heavy atom. The summed E-state index contributed by atoms with van der Waals surface area (Å²) in [5.41, 5.74) is 0. The predicted octanol–water partition coefficient (Wildman–Crippen LogP) is 2.13. The highest BCUT2D eigenvalue weighted by atomic mass is 16.5. The van der Waals surface area contributed by atoms with Gasteiger partial charge < -0.3 is 19.8 Å². The lowest BCUT2D eigenvalue weighted by atomic mass is 10.2. The van der Waals surface area contributed by atoms with E-state index in [1.807, 2.05) is 26.0 Å². The van der Waals surface area contributed by atoms with Gasteiger partial charge >= 0.3 is 6.03 Å². The van der Waals surface area contributed by atoms with Crippen LogP contribution in [0, 0.1) is 6.92 Å². The molecule has 1 aliphatic rings. The standard InChI is InChI=1S/C13H20N2O3/c1-9-5-6-12(18-9)10(2)15-13(16)14-8-11-4-3-7-17-11/h5-6,10-11H,3-4,7-8H2,1-2H3,(H2,14,15,16). The Morgan fingerprint density at radius 1 is 1.56 bits per heavy atom. The van der Waals surface area contributed by atoms with Gasteiger partial charge in [0.2, 0.25) is 0 Å². The van der Waals surface area contributed by atoms with Crippen LogP contribution in [0.4, 0.5) is 4.79 Å². The van der Waals surface area contributed by atoms with E-state index < -0.39 is 0 Å². The molecule has 2 atom stereocenters. The van der Waals surface area contributed by atoms with Gasteiger partial charge in [-0.2, -0.15) is 0 Å². The SMILES string of the molecule is Cc1ccc(C(C)NC(=O)NCC2CCCO2)o1. The van der Waals surface area contributed by atoms with Crippen molar-refractivity contribution in [3.05, 3.63) is 23.7 Å². The van der Waals surface area contributed by atoms with Crippen molar-refractivity contribution in [1.29, 1.82) is 0 Å². The van der Waals surface area contributed by atoms with E-state index in [9.17, 15) is 4.79 Å². The van der Waals surface area contributed by atoms with Crippen LogP contribution >= 0.6 is 0 Å². The number of rotatable bonds is 4. The molecule has 0 aliphatic carbocycles. The molecule has 2 amide bonds. The Morgan fingerprint density at radius 2 is 2.39 bits per heavy atom. The highest BCUT2D eigenvalue weighted by Gasteiger charge is 2.17. The molecule has 0 spiro atoms. The molecular weight excluding hydrogens is 232 g/mol. The Balaban J connectivity index is 1.73. The molecular formula is C13H20N2O3. The number of amides is 2. The van der Waals surface area contributed by atoms with Gasteiger partial charge in [-0.25, -0.2) is 4.79 Å². The highest BCUT2D eigenvalue weighted by Crippen LogP contribution is 2.15. The van der Waals surface area contributed by atoms with E-state index in [1.165, 1.54) is 0 Å². The fourth-order valence-corrected chi connectivity index (χ4v) is 2.02. The van der Waals surface area contributed by atoms with Gasteiger partial charge in [0.1, 0.15) is 11.5 Å². The van der Waals surface area contributed by atoms with Crippen LogP contribution in [0.5, 0.6) is 0 Å². The van der Waals surface area contributed by atoms with Gasteiger partial charge in [0, 0.05) is 13.2 Å². The van der Waals surface area contributed by atoms with Gasteiger partial charge in [0.05, 0.1) is 12.1 Å². The predicted molar refractivity (Wildman–Crippen MR) is 67.4 cm³/mol. The quantitative estimate of drug-likeness (QED) is 0.862. The summed E-state index contributed by atoms with van der Waals surface area (Å²) in [6, 6.07) is 3.44. The maximum absolute atomic E-state index is 11.7. The van der Waals surface area contributed by atoms with Crippen molar-refractivity contribution in [1.82, 2.24) is 10.6 Å². The number of hydrogen-bond acceptors (Lipinski definition) is 3. The first-order valence-electron chi connectivity index (χ1n) is 6.37. The fourth-order valence-electron chi connectivity index (χ4n) is 2.02. The zero-order chi connectivity index (χ0) is 13.0. The molecule has 0 saturated carbocycles. The first-order valence-corrected chi connectivity index (χ1v) is 6.37. The van der Waals surface area contributed by atoms with Crippen LogP contribution in [0.15, 0.2) is 16.5 Å². The van der Waals surface area contributed by atoms with Crippen molar-refractivity contribution in [3.8, 4) is 0 Å². The molecule has 2 rings (SSSR count). The third kappa shape index (κ3) is 3.50. The zero-order valence-corrected chi connectivity index (χ0v) is 10.9. The summed E-state index contributed by atoms with van der Waals surface area (Å²) in [5, 5.41) is 5.65. The van der Waals surface area contributed by atoms with Crippen LogP contribution in [0.2, 0.25) is 0 Å². The van der Waals surface area contributed by atoms with Crippen molar-refractivity contribution < 1.29 is 13.9 Å². The summed E-state index contributed by atoms with van der Waals surface area (Å²) < 4.78 is 10.9. The maximum Gasteiger partial charge on any atom is 0.315 e. The van der Waals surface area contributed by atoms with Crippen LogP contribution in [0.25, 0.3) is 0 Å². The maximum atomic E-state index is 11.7. The molecule has 1 aliphatic heterocycles. The average molecular weight is 252 g/mol. The normalized spacial score (nSPS) is 20.7. The molecule has 1 saturated heterocycles.